The standard InChI is InChI=1S/C34H33B2NS/c1-18-8-10-22-20(12-18)14-24-30-28-26(38-31(24)25(22)17-34(5,6)7)15-21-13-19(16-33(2,3)4)9-11-23(21)27(28)29(35)32(36)37-30/h8-15H,16-17H2,1-7H3. The summed E-state index contributed by atoms with van der Waals surface area (Å²) in [5.74, 6) is 0. The lowest BCUT2D eigenvalue weighted by Crippen LogP contribution is -2.31. The minimum atomic E-state index is 0.141. The van der Waals surface area contributed by atoms with Gasteiger partial charge in [0, 0.05) is 20.7 Å². The van der Waals surface area contributed by atoms with Crippen molar-refractivity contribution in [3.63, 3.8) is 0 Å². The Hall–Kier alpha value is -2.71. The summed E-state index contributed by atoms with van der Waals surface area (Å²) in [6, 6.07) is 18.3. The smallest absolute Gasteiger partial charge is 0.140 e. The molecule has 0 saturated heterocycles. The molecule has 4 radical (unpaired) electrons. The van der Waals surface area contributed by atoms with Gasteiger partial charge < -0.3 is 0 Å². The van der Waals surface area contributed by atoms with Gasteiger partial charge >= 0.3 is 0 Å². The third-order valence-electron chi connectivity index (χ3n) is 7.44. The fraction of sp³-hybridized carbons (Fsp3) is 0.324. The first-order chi connectivity index (χ1) is 17.8. The molecule has 38 heavy (non-hydrogen) atoms. The predicted molar refractivity (Wildman–Crippen MR) is 168 cm³/mol. The molecule has 2 heterocycles. The molecule has 4 heteroatoms. The third kappa shape index (κ3) is 4.35. The van der Waals surface area contributed by atoms with Gasteiger partial charge in [-0.05, 0) is 86.4 Å². The lowest BCUT2D eigenvalue weighted by Gasteiger charge is -2.28. The Bertz CT molecular complexity index is 1790. The summed E-state index contributed by atoms with van der Waals surface area (Å²) in [4.78, 5) is 7.46. The van der Waals surface area contributed by atoms with Crippen molar-refractivity contribution in [3.05, 3.63) is 65.2 Å². The lowest BCUT2D eigenvalue weighted by atomic mass is 9.78. The van der Waals surface area contributed by atoms with Crippen LogP contribution in [0, 0.1) is 17.8 Å². The molecule has 6 rings (SSSR count). The summed E-state index contributed by atoms with van der Waals surface area (Å²) < 4.78 is 0. The zero-order valence-electron chi connectivity index (χ0n) is 23.5. The lowest BCUT2D eigenvalue weighted by molar-refractivity contribution is 0.410. The van der Waals surface area contributed by atoms with Crippen LogP contribution in [0.5, 0.6) is 0 Å². The van der Waals surface area contributed by atoms with Crippen LogP contribution < -0.4 is 11.1 Å². The molecule has 186 valence electrons. The number of pyridine rings is 1. The van der Waals surface area contributed by atoms with Crippen LogP contribution in [0.1, 0.15) is 58.2 Å². The van der Waals surface area contributed by atoms with Crippen LogP contribution in [0.25, 0.3) is 43.6 Å². The van der Waals surface area contributed by atoms with Gasteiger partial charge in [-0.3, -0.25) is 4.98 Å². The molecule has 0 saturated carbocycles. The van der Waals surface area contributed by atoms with E-state index in [4.69, 9.17) is 20.7 Å². The van der Waals surface area contributed by atoms with Gasteiger partial charge in [0.2, 0.25) is 0 Å². The Morgan fingerprint density at radius 1 is 0.763 bits per heavy atom. The Kier molecular flexibility index (Phi) is 5.82. The first-order valence-corrected chi connectivity index (χ1v) is 14.3. The molecule has 0 N–H and O–H groups in total. The van der Waals surface area contributed by atoms with Crippen LogP contribution >= 0.6 is 11.8 Å². The summed E-state index contributed by atoms with van der Waals surface area (Å²) in [6.45, 7) is 16.0. The van der Waals surface area contributed by atoms with Gasteiger partial charge in [0.15, 0.2) is 0 Å². The number of rotatable bonds is 2. The van der Waals surface area contributed by atoms with Crippen LogP contribution in [0.15, 0.2) is 58.3 Å². The fourth-order valence-corrected chi connectivity index (χ4v) is 7.28. The van der Waals surface area contributed by atoms with E-state index in [0.29, 0.717) is 11.1 Å². The van der Waals surface area contributed by atoms with E-state index < -0.39 is 0 Å². The molecule has 1 nitrogen and oxygen atoms in total. The van der Waals surface area contributed by atoms with E-state index in [1.54, 1.807) is 0 Å². The van der Waals surface area contributed by atoms with Crippen molar-refractivity contribution >= 4 is 70.8 Å². The monoisotopic (exact) mass is 509 g/mol. The molecule has 0 aliphatic carbocycles. The van der Waals surface area contributed by atoms with Gasteiger partial charge in [-0.2, -0.15) is 0 Å². The van der Waals surface area contributed by atoms with Crippen LogP contribution in [0.4, 0.5) is 0 Å². The maximum Gasteiger partial charge on any atom is 0.140 e. The predicted octanol–water partition coefficient (Wildman–Crippen LogP) is 7.75. The Balaban J connectivity index is 1.71. The summed E-state index contributed by atoms with van der Waals surface area (Å²) in [7, 11) is 13.2. The van der Waals surface area contributed by atoms with E-state index >= 15 is 0 Å². The van der Waals surface area contributed by atoms with Crippen molar-refractivity contribution in [2.24, 2.45) is 10.8 Å². The van der Waals surface area contributed by atoms with Gasteiger partial charge in [-0.25, -0.2) is 0 Å². The van der Waals surface area contributed by atoms with E-state index in [0.717, 1.165) is 34.7 Å². The Labute approximate surface area is 233 Å². The second kappa shape index (κ2) is 8.65. The van der Waals surface area contributed by atoms with Crippen molar-refractivity contribution in [3.8, 4) is 11.3 Å². The highest BCUT2D eigenvalue weighted by Crippen LogP contribution is 2.52. The largest absolute Gasteiger partial charge is 0.264 e. The summed E-state index contributed by atoms with van der Waals surface area (Å²) in [5.41, 5.74) is 7.46. The second-order valence-electron chi connectivity index (χ2n) is 13.5. The maximum absolute atomic E-state index is 6.69. The molecule has 1 aromatic heterocycles. The van der Waals surface area contributed by atoms with Crippen molar-refractivity contribution in [1.82, 2.24) is 4.98 Å². The molecular formula is C34H33B2NS. The van der Waals surface area contributed by atoms with Crippen molar-refractivity contribution in [2.45, 2.75) is 71.1 Å². The number of fused-ring (bicyclic) bond motifs is 5. The average Bonchev–Trinajstić information content (AvgIpc) is 2.79. The number of aryl methyl sites for hydroxylation is 1. The molecule has 4 aromatic carbocycles. The fourth-order valence-electron chi connectivity index (χ4n) is 6.00. The number of hydrogen-bond acceptors (Lipinski definition) is 2. The molecular weight excluding hydrogens is 476 g/mol. The normalized spacial score (nSPS) is 13.4. The topological polar surface area (TPSA) is 12.9 Å². The second-order valence-corrected chi connectivity index (χ2v) is 14.5. The van der Waals surface area contributed by atoms with E-state index in [1.807, 2.05) is 11.8 Å². The first-order valence-electron chi connectivity index (χ1n) is 13.5. The molecule has 0 unspecified atom stereocenters. The van der Waals surface area contributed by atoms with E-state index in [1.165, 1.54) is 48.2 Å². The number of benzene rings is 4. The molecule has 5 aromatic rings. The van der Waals surface area contributed by atoms with Gasteiger partial charge in [0.1, 0.15) is 15.7 Å². The molecule has 1 aliphatic heterocycles. The highest BCUT2D eigenvalue weighted by Gasteiger charge is 2.28. The number of aromatic nitrogens is 1. The SMILES string of the molecule is [B]c1nc2c3c(cc4cc(CC(C)(C)C)ccc4c3c1[B])Sc1c-2cc2cc(C)ccc2c1CC(C)(C)C. The number of hydrogen-bond donors (Lipinski definition) is 0. The Morgan fingerprint density at radius 3 is 2.16 bits per heavy atom. The summed E-state index contributed by atoms with van der Waals surface area (Å²) in [6.07, 6.45) is 2.00. The Morgan fingerprint density at radius 2 is 1.45 bits per heavy atom. The summed E-state index contributed by atoms with van der Waals surface area (Å²) >= 11 is 1.87. The van der Waals surface area contributed by atoms with E-state index in [9.17, 15) is 0 Å². The zero-order valence-corrected chi connectivity index (χ0v) is 24.4. The molecule has 0 spiro atoms. The van der Waals surface area contributed by atoms with Crippen LogP contribution in [-0.2, 0) is 12.8 Å². The van der Waals surface area contributed by atoms with Gasteiger partial charge in [-0.1, -0.05) is 101 Å². The molecule has 0 bridgehead atoms. The van der Waals surface area contributed by atoms with E-state index in [-0.39, 0.29) is 10.8 Å². The minimum Gasteiger partial charge on any atom is -0.264 e. The van der Waals surface area contributed by atoms with Gasteiger partial charge in [0.05, 0.1) is 5.69 Å². The van der Waals surface area contributed by atoms with Crippen molar-refractivity contribution in [1.29, 1.82) is 0 Å². The third-order valence-corrected chi connectivity index (χ3v) is 8.65. The van der Waals surface area contributed by atoms with Gasteiger partial charge in [-0.15, -0.1) is 0 Å². The van der Waals surface area contributed by atoms with Crippen LogP contribution in [0.2, 0.25) is 0 Å². The zero-order chi connectivity index (χ0) is 27.1. The highest BCUT2D eigenvalue weighted by molar-refractivity contribution is 8.00. The minimum absolute atomic E-state index is 0.141. The quantitative estimate of drug-likeness (QED) is 0.175. The van der Waals surface area contributed by atoms with Crippen molar-refractivity contribution in [2.75, 3.05) is 0 Å². The first kappa shape index (κ1) is 25.6. The van der Waals surface area contributed by atoms with Gasteiger partial charge in [0.25, 0.3) is 0 Å². The van der Waals surface area contributed by atoms with Crippen LogP contribution in [0.3, 0.4) is 0 Å². The van der Waals surface area contributed by atoms with Crippen molar-refractivity contribution < 1.29 is 0 Å². The molecule has 1 aliphatic rings. The summed E-state index contributed by atoms with van der Waals surface area (Å²) in [5, 5.41) is 7.09. The molecule has 0 atom stereocenters. The number of nitrogens with zero attached hydrogens (tertiary/aromatic N) is 1. The van der Waals surface area contributed by atoms with E-state index in [2.05, 4.69) is 97.0 Å². The average molecular weight is 509 g/mol. The molecule has 0 amide bonds. The highest BCUT2D eigenvalue weighted by atomic mass is 32.2. The maximum atomic E-state index is 6.69. The van der Waals surface area contributed by atoms with Crippen LogP contribution in [-0.4, -0.2) is 20.7 Å². The molecule has 0 fully saturated rings.